The van der Waals surface area contributed by atoms with Gasteiger partial charge in [0.1, 0.15) is 11.2 Å². The second kappa shape index (κ2) is 9.18. The summed E-state index contributed by atoms with van der Waals surface area (Å²) in [5, 5.41) is 4.16. The Balaban J connectivity index is 1.77. The summed E-state index contributed by atoms with van der Waals surface area (Å²) >= 11 is 15.4. The molecule has 0 radical (unpaired) electrons. The number of amides is 1. The van der Waals surface area contributed by atoms with Gasteiger partial charge in [0.15, 0.2) is 5.65 Å². The monoisotopic (exact) mass is 516 g/mol. The van der Waals surface area contributed by atoms with Gasteiger partial charge in [-0.05, 0) is 48.5 Å². The van der Waals surface area contributed by atoms with Crippen LogP contribution in [0.4, 0.5) is 5.69 Å². The molecule has 0 saturated heterocycles. The van der Waals surface area contributed by atoms with Gasteiger partial charge in [-0.25, -0.2) is 9.97 Å². The number of carbonyl (C=O) groups excluding carboxylic acids is 1. The fourth-order valence-corrected chi connectivity index (χ4v) is 4.07. The Kier molecular flexibility index (Phi) is 6.36. The van der Waals surface area contributed by atoms with Crippen molar-refractivity contribution in [3.05, 3.63) is 92.5 Å². The summed E-state index contributed by atoms with van der Waals surface area (Å²) in [4.78, 5) is 34.6. The van der Waals surface area contributed by atoms with Crippen molar-refractivity contribution < 1.29 is 4.79 Å². The van der Waals surface area contributed by atoms with Gasteiger partial charge in [0.25, 0.3) is 11.5 Å². The summed E-state index contributed by atoms with van der Waals surface area (Å²) in [6.07, 6.45) is 2.09. The summed E-state index contributed by atoms with van der Waals surface area (Å²) in [7, 11) is 0. The van der Waals surface area contributed by atoms with Crippen LogP contribution in [0.5, 0.6) is 0 Å². The third kappa shape index (κ3) is 4.63. The molecule has 2 heterocycles. The molecule has 0 bridgehead atoms. The number of rotatable bonds is 5. The number of nitrogens with zero attached hydrogens (tertiary/aromatic N) is 3. The predicted molar refractivity (Wildman–Crippen MR) is 127 cm³/mol. The lowest BCUT2D eigenvalue weighted by atomic mass is 10.2. The largest absolute Gasteiger partial charge is 0.322 e. The molecule has 6 nitrogen and oxygen atoms in total. The average Bonchev–Trinajstić information content (AvgIpc) is 2.74. The fourth-order valence-electron chi connectivity index (χ4n) is 3.17. The standard InChI is InChI=1S/C22H15BrCl2N4O2/c23-7-6-19-22(31)29(20-18(28-19)5-2-8-26-20)17-4-1-3-16(12-17)27-21(30)13-9-14(24)11-15(25)10-13/h1-5,8-12H,6-7H2,(H,27,30). The number of nitrogens with one attached hydrogen (secondary N) is 1. The lowest BCUT2D eigenvalue weighted by Gasteiger charge is -2.13. The van der Waals surface area contributed by atoms with Gasteiger partial charge in [0, 0.05) is 39.2 Å². The minimum absolute atomic E-state index is 0.254. The Morgan fingerprint density at radius 2 is 1.84 bits per heavy atom. The van der Waals surface area contributed by atoms with Crippen LogP contribution in [0.2, 0.25) is 10.0 Å². The maximum Gasteiger partial charge on any atom is 0.278 e. The predicted octanol–water partition coefficient (Wildman–Crippen LogP) is 5.28. The number of hydrogen-bond donors (Lipinski definition) is 1. The third-order valence-electron chi connectivity index (χ3n) is 4.50. The molecule has 1 amide bonds. The first kappa shape index (κ1) is 21.5. The molecule has 31 heavy (non-hydrogen) atoms. The molecule has 0 unspecified atom stereocenters. The van der Waals surface area contributed by atoms with Gasteiger partial charge in [-0.3, -0.25) is 14.2 Å². The Morgan fingerprint density at radius 3 is 2.58 bits per heavy atom. The van der Waals surface area contributed by atoms with E-state index in [4.69, 9.17) is 23.2 Å². The van der Waals surface area contributed by atoms with Gasteiger partial charge < -0.3 is 5.32 Å². The number of benzene rings is 2. The molecular weight excluding hydrogens is 503 g/mol. The first-order chi connectivity index (χ1) is 15.0. The summed E-state index contributed by atoms with van der Waals surface area (Å²) in [5.41, 5.74) is 2.63. The van der Waals surface area contributed by atoms with E-state index in [1.165, 1.54) is 16.7 Å². The maximum absolute atomic E-state index is 13.1. The molecule has 4 rings (SSSR count). The SMILES string of the molecule is O=C(Nc1cccc(-n2c(=O)c(CCBr)nc3cccnc32)c1)c1cc(Cl)cc(Cl)c1. The van der Waals surface area contributed by atoms with E-state index in [1.54, 1.807) is 42.6 Å². The molecule has 0 aliphatic heterocycles. The van der Waals surface area contributed by atoms with E-state index in [9.17, 15) is 9.59 Å². The Bertz CT molecular complexity index is 1340. The first-order valence-corrected chi connectivity index (χ1v) is 11.1. The van der Waals surface area contributed by atoms with E-state index in [0.29, 0.717) is 55.6 Å². The number of anilines is 1. The third-order valence-corrected chi connectivity index (χ3v) is 5.33. The molecule has 9 heteroatoms. The highest BCUT2D eigenvalue weighted by atomic mass is 79.9. The minimum Gasteiger partial charge on any atom is -0.322 e. The van der Waals surface area contributed by atoms with E-state index in [1.807, 2.05) is 6.07 Å². The normalized spacial score (nSPS) is 10.9. The lowest BCUT2D eigenvalue weighted by molar-refractivity contribution is 0.102. The van der Waals surface area contributed by atoms with Crippen LogP contribution in [0.25, 0.3) is 16.9 Å². The summed E-state index contributed by atoms with van der Waals surface area (Å²) in [6, 6.07) is 15.2. The molecular formula is C22H15BrCl2N4O2. The van der Waals surface area contributed by atoms with Gasteiger partial charge in [0.2, 0.25) is 0 Å². The zero-order valence-electron chi connectivity index (χ0n) is 16.0. The fraction of sp³-hybridized carbons (Fsp3) is 0.0909. The van der Waals surface area contributed by atoms with E-state index >= 15 is 0 Å². The number of fused-ring (bicyclic) bond motifs is 1. The van der Waals surface area contributed by atoms with Crippen LogP contribution in [0.15, 0.2) is 65.6 Å². The quantitative estimate of drug-likeness (QED) is 0.365. The second-order valence-corrected chi connectivity index (χ2v) is 8.31. The Labute approximate surface area is 196 Å². The number of hydrogen-bond acceptors (Lipinski definition) is 4. The molecule has 0 spiro atoms. The van der Waals surface area contributed by atoms with Crippen LogP contribution < -0.4 is 10.9 Å². The van der Waals surface area contributed by atoms with E-state index in [2.05, 4.69) is 31.2 Å². The van der Waals surface area contributed by atoms with Crippen LogP contribution in [0.3, 0.4) is 0 Å². The molecule has 0 aliphatic rings. The average molecular weight is 518 g/mol. The van der Waals surface area contributed by atoms with Crippen LogP contribution in [-0.2, 0) is 6.42 Å². The zero-order chi connectivity index (χ0) is 22.0. The molecule has 0 saturated carbocycles. The first-order valence-electron chi connectivity index (χ1n) is 9.27. The van der Waals surface area contributed by atoms with E-state index in [-0.39, 0.29) is 11.5 Å². The number of pyridine rings is 1. The van der Waals surface area contributed by atoms with Gasteiger partial charge >= 0.3 is 0 Å². The van der Waals surface area contributed by atoms with Crippen molar-refractivity contribution in [3.63, 3.8) is 0 Å². The number of aromatic nitrogens is 3. The minimum atomic E-state index is -0.369. The Hall–Kier alpha value is -2.74. The van der Waals surface area contributed by atoms with E-state index < -0.39 is 0 Å². The van der Waals surface area contributed by atoms with Gasteiger partial charge in [-0.1, -0.05) is 45.2 Å². The van der Waals surface area contributed by atoms with Crippen molar-refractivity contribution in [2.45, 2.75) is 6.42 Å². The van der Waals surface area contributed by atoms with Crippen molar-refractivity contribution in [2.24, 2.45) is 0 Å². The summed E-state index contributed by atoms with van der Waals surface area (Å²) < 4.78 is 1.51. The summed E-state index contributed by atoms with van der Waals surface area (Å²) in [6.45, 7) is 0. The summed E-state index contributed by atoms with van der Waals surface area (Å²) in [5.74, 6) is -0.369. The Morgan fingerprint density at radius 1 is 1.06 bits per heavy atom. The highest BCUT2D eigenvalue weighted by Crippen LogP contribution is 2.22. The number of aryl methyl sites for hydroxylation is 1. The van der Waals surface area contributed by atoms with Crippen LogP contribution in [0, 0.1) is 0 Å². The smallest absolute Gasteiger partial charge is 0.278 e. The number of alkyl halides is 1. The number of halogens is 3. The molecule has 0 aliphatic carbocycles. The maximum atomic E-state index is 13.1. The zero-order valence-corrected chi connectivity index (χ0v) is 19.1. The molecule has 0 fully saturated rings. The lowest BCUT2D eigenvalue weighted by Crippen LogP contribution is -2.25. The molecule has 0 atom stereocenters. The van der Waals surface area contributed by atoms with Crippen molar-refractivity contribution in [1.82, 2.24) is 14.5 Å². The van der Waals surface area contributed by atoms with Gasteiger partial charge in [-0.2, -0.15) is 0 Å². The van der Waals surface area contributed by atoms with Crippen molar-refractivity contribution >= 4 is 61.9 Å². The molecule has 2 aromatic heterocycles. The molecule has 2 aromatic carbocycles. The van der Waals surface area contributed by atoms with Gasteiger partial charge in [-0.15, -0.1) is 0 Å². The van der Waals surface area contributed by atoms with Gasteiger partial charge in [0.05, 0.1) is 5.69 Å². The molecule has 4 aromatic rings. The number of carbonyl (C=O) groups is 1. The highest BCUT2D eigenvalue weighted by molar-refractivity contribution is 9.09. The highest BCUT2D eigenvalue weighted by Gasteiger charge is 2.14. The molecule has 1 N–H and O–H groups in total. The van der Waals surface area contributed by atoms with Crippen LogP contribution in [0.1, 0.15) is 16.1 Å². The molecule has 156 valence electrons. The van der Waals surface area contributed by atoms with E-state index in [0.717, 1.165) is 0 Å². The second-order valence-electron chi connectivity index (χ2n) is 6.65. The van der Waals surface area contributed by atoms with Crippen molar-refractivity contribution in [1.29, 1.82) is 0 Å². The van der Waals surface area contributed by atoms with Crippen molar-refractivity contribution in [2.75, 3.05) is 10.6 Å². The van der Waals surface area contributed by atoms with Crippen LogP contribution >= 0.6 is 39.1 Å². The van der Waals surface area contributed by atoms with Crippen molar-refractivity contribution in [3.8, 4) is 5.69 Å². The topological polar surface area (TPSA) is 76.9 Å². The van der Waals surface area contributed by atoms with Crippen LogP contribution in [-0.4, -0.2) is 25.8 Å².